The molecule has 0 spiro atoms. The van der Waals surface area contributed by atoms with Crippen LogP contribution < -0.4 is 16.2 Å². The van der Waals surface area contributed by atoms with E-state index in [2.05, 4.69) is 16.2 Å². The van der Waals surface area contributed by atoms with Crippen molar-refractivity contribution in [1.82, 2.24) is 10.9 Å². The molecule has 0 bridgehead atoms. The van der Waals surface area contributed by atoms with Crippen LogP contribution in [0.5, 0.6) is 0 Å². The van der Waals surface area contributed by atoms with Gasteiger partial charge in [0.15, 0.2) is 5.11 Å². The number of hydrogen-bond donors (Lipinski definition) is 3. The number of hydrogen-bond acceptors (Lipinski definition) is 2. The van der Waals surface area contributed by atoms with Crippen LogP contribution in [0.15, 0.2) is 78.9 Å². The van der Waals surface area contributed by atoms with Crippen molar-refractivity contribution < 1.29 is 4.79 Å². The van der Waals surface area contributed by atoms with Gasteiger partial charge in [0.25, 0.3) is 0 Å². The van der Waals surface area contributed by atoms with Gasteiger partial charge in [-0.25, -0.2) is 0 Å². The Morgan fingerprint density at radius 2 is 1.39 bits per heavy atom. The third-order valence-electron chi connectivity index (χ3n) is 4.47. The summed E-state index contributed by atoms with van der Waals surface area (Å²) >= 11 is 5.34. The zero-order valence-corrected chi connectivity index (χ0v) is 16.7. The van der Waals surface area contributed by atoms with Gasteiger partial charge in [0.1, 0.15) is 0 Å². The summed E-state index contributed by atoms with van der Waals surface area (Å²) in [4.78, 5) is 13.0. The Hall–Kier alpha value is -3.18. The van der Waals surface area contributed by atoms with Crippen molar-refractivity contribution in [3.05, 3.63) is 101 Å². The summed E-state index contributed by atoms with van der Waals surface area (Å²) in [7, 11) is 0. The van der Waals surface area contributed by atoms with Gasteiger partial charge in [-0.15, -0.1) is 0 Å². The minimum absolute atomic E-state index is 0.178. The molecular weight excluding hydrogens is 366 g/mol. The zero-order chi connectivity index (χ0) is 19.9. The van der Waals surface area contributed by atoms with Crippen LogP contribution in [0.4, 0.5) is 5.69 Å². The zero-order valence-electron chi connectivity index (χ0n) is 15.9. The lowest BCUT2D eigenvalue weighted by Gasteiger charge is -2.19. The van der Waals surface area contributed by atoms with E-state index in [4.69, 9.17) is 12.2 Å². The van der Waals surface area contributed by atoms with Crippen LogP contribution in [0.2, 0.25) is 0 Å². The van der Waals surface area contributed by atoms with E-state index >= 15 is 0 Å². The van der Waals surface area contributed by atoms with Crippen LogP contribution in [0.3, 0.4) is 0 Å². The fraction of sp³-hybridized carbons (Fsp3) is 0.130. The normalized spacial score (nSPS) is 10.4. The molecule has 0 unspecified atom stereocenters. The first-order chi connectivity index (χ1) is 13.5. The van der Waals surface area contributed by atoms with Crippen LogP contribution in [0.25, 0.3) is 0 Å². The predicted octanol–water partition coefficient (Wildman–Crippen LogP) is 4.45. The van der Waals surface area contributed by atoms with Gasteiger partial charge in [-0.05, 0) is 54.4 Å². The molecule has 142 valence electrons. The average Bonchev–Trinajstić information content (AvgIpc) is 2.71. The van der Waals surface area contributed by atoms with Gasteiger partial charge >= 0.3 is 0 Å². The number of rotatable bonds is 4. The highest BCUT2D eigenvalue weighted by atomic mass is 32.1. The van der Waals surface area contributed by atoms with Gasteiger partial charge in [-0.1, -0.05) is 72.8 Å². The van der Waals surface area contributed by atoms with Gasteiger partial charge in [-0.2, -0.15) is 0 Å². The van der Waals surface area contributed by atoms with Gasteiger partial charge in [0.05, 0.1) is 5.92 Å². The van der Waals surface area contributed by atoms with Gasteiger partial charge in [0, 0.05) is 5.69 Å². The van der Waals surface area contributed by atoms with E-state index in [1.54, 1.807) is 0 Å². The largest absolute Gasteiger partial charge is 0.331 e. The summed E-state index contributed by atoms with van der Waals surface area (Å²) in [6, 6.07) is 25.5. The van der Waals surface area contributed by atoms with E-state index in [0.717, 1.165) is 27.9 Å². The molecule has 0 heterocycles. The molecule has 1 amide bonds. The lowest BCUT2D eigenvalue weighted by atomic mass is 9.91. The SMILES string of the molecule is Cc1ccc(C)c(NC(=S)NNC(=O)C(c2ccccc2)c2ccccc2)c1. The smallest absolute Gasteiger partial charge is 0.250 e. The minimum Gasteiger partial charge on any atom is -0.331 e. The Kier molecular flexibility index (Phi) is 6.40. The van der Waals surface area contributed by atoms with Crippen molar-refractivity contribution in [2.75, 3.05) is 5.32 Å². The Balaban J connectivity index is 1.70. The molecule has 3 rings (SSSR count). The maximum atomic E-state index is 13.0. The van der Waals surface area contributed by atoms with E-state index in [1.807, 2.05) is 92.7 Å². The Morgan fingerprint density at radius 1 is 0.821 bits per heavy atom. The minimum atomic E-state index is -0.432. The molecule has 3 aromatic rings. The Morgan fingerprint density at radius 3 is 1.96 bits per heavy atom. The van der Waals surface area contributed by atoms with Crippen molar-refractivity contribution in [2.24, 2.45) is 0 Å². The third-order valence-corrected chi connectivity index (χ3v) is 4.67. The summed E-state index contributed by atoms with van der Waals surface area (Å²) in [5.41, 5.74) is 10.5. The number of benzene rings is 3. The van der Waals surface area contributed by atoms with Crippen molar-refractivity contribution in [3.63, 3.8) is 0 Å². The van der Waals surface area contributed by atoms with E-state index in [-0.39, 0.29) is 5.91 Å². The second kappa shape index (κ2) is 9.15. The molecule has 0 saturated heterocycles. The third kappa shape index (κ3) is 4.96. The standard InChI is InChI=1S/C23H23N3OS/c1-16-13-14-17(2)20(15-16)24-23(28)26-25-22(27)21(18-9-5-3-6-10-18)19-11-7-4-8-12-19/h3-15,21H,1-2H3,(H,25,27)(H2,24,26,28). The molecule has 0 fully saturated rings. The number of carbonyl (C=O) groups is 1. The van der Waals surface area contributed by atoms with Crippen molar-refractivity contribution in [1.29, 1.82) is 0 Å². The highest BCUT2D eigenvalue weighted by Gasteiger charge is 2.22. The number of anilines is 1. The summed E-state index contributed by atoms with van der Waals surface area (Å²) in [6.45, 7) is 4.02. The molecule has 3 N–H and O–H groups in total. The molecule has 0 saturated carbocycles. The predicted molar refractivity (Wildman–Crippen MR) is 118 cm³/mol. The first kappa shape index (κ1) is 19.6. The Labute approximate surface area is 171 Å². The van der Waals surface area contributed by atoms with Gasteiger partial charge < -0.3 is 5.32 Å². The monoisotopic (exact) mass is 389 g/mol. The lowest BCUT2D eigenvalue weighted by molar-refractivity contribution is -0.122. The molecule has 0 aliphatic carbocycles. The van der Waals surface area contributed by atoms with Crippen molar-refractivity contribution >= 4 is 28.9 Å². The second-order valence-electron chi connectivity index (χ2n) is 6.64. The topological polar surface area (TPSA) is 53.2 Å². The molecule has 0 radical (unpaired) electrons. The van der Waals surface area contributed by atoms with Crippen LogP contribution in [-0.2, 0) is 4.79 Å². The quantitative estimate of drug-likeness (QED) is 0.456. The lowest BCUT2D eigenvalue weighted by Crippen LogP contribution is -2.46. The molecular formula is C23H23N3OS. The average molecular weight is 390 g/mol. The molecule has 0 aliphatic rings. The first-order valence-corrected chi connectivity index (χ1v) is 9.49. The summed E-state index contributed by atoms with van der Waals surface area (Å²) < 4.78 is 0. The summed E-state index contributed by atoms with van der Waals surface area (Å²) in [5, 5.41) is 3.47. The molecule has 5 heteroatoms. The number of aryl methyl sites for hydroxylation is 2. The van der Waals surface area contributed by atoms with E-state index in [1.165, 1.54) is 0 Å². The molecule has 0 aromatic heterocycles. The molecule has 28 heavy (non-hydrogen) atoms. The highest BCUT2D eigenvalue weighted by Crippen LogP contribution is 2.24. The van der Waals surface area contributed by atoms with Crippen LogP contribution in [0, 0.1) is 13.8 Å². The van der Waals surface area contributed by atoms with Crippen molar-refractivity contribution in [2.45, 2.75) is 19.8 Å². The Bertz CT molecular complexity index is 919. The van der Waals surface area contributed by atoms with E-state index in [0.29, 0.717) is 5.11 Å². The van der Waals surface area contributed by atoms with Gasteiger partial charge in [0.2, 0.25) is 5.91 Å². The fourth-order valence-electron chi connectivity index (χ4n) is 3.00. The number of carbonyl (C=O) groups excluding carboxylic acids is 1. The van der Waals surface area contributed by atoms with Crippen molar-refractivity contribution in [3.8, 4) is 0 Å². The number of amides is 1. The molecule has 3 aromatic carbocycles. The maximum absolute atomic E-state index is 13.0. The number of hydrazine groups is 1. The molecule has 0 aliphatic heterocycles. The summed E-state index contributed by atoms with van der Waals surface area (Å²) in [6.07, 6.45) is 0. The number of nitrogens with one attached hydrogen (secondary N) is 3. The fourth-order valence-corrected chi connectivity index (χ4v) is 3.16. The van der Waals surface area contributed by atoms with Crippen LogP contribution >= 0.6 is 12.2 Å². The van der Waals surface area contributed by atoms with Crippen LogP contribution in [-0.4, -0.2) is 11.0 Å². The molecule has 0 atom stereocenters. The van der Waals surface area contributed by atoms with Crippen LogP contribution in [0.1, 0.15) is 28.2 Å². The summed E-state index contributed by atoms with van der Waals surface area (Å²) in [5.74, 6) is -0.610. The molecule has 4 nitrogen and oxygen atoms in total. The highest BCUT2D eigenvalue weighted by molar-refractivity contribution is 7.80. The second-order valence-corrected chi connectivity index (χ2v) is 7.05. The first-order valence-electron chi connectivity index (χ1n) is 9.08. The van der Waals surface area contributed by atoms with E-state index in [9.17, 15) is 4.79 Å². The van der Waals surface area contributed by atoms with E-state index < -0.39 is 5.92 Å². The number of thiocarbonyl (C=S) groups is 1. The van der Waals surface area contributed by atoms with Gasteiger partial charge in [-0.3, -0.25) is 15.6 Å². The maximum Gasteiger partial charge on any atom is 0.250 e.